The van der Waals surface area contributed by atoms with Crippen LogP contribution in [0.2, 0.25) is 0 Å². The Kier molecular flexibility index (Phi) is 5.86. The van der Waals surface area contributed by atoms with E-state index in [0.29, 0.717) is 6.54 Å². The first kappa shape index (κ1) is 19.0. The molecule has 1 unspecified atom stereocenters. The third-order valence-corrected chi connectivity index (χ3v) is 4.72. The fraction of sp³-hybridized carbons (Fsp3) is 0.333. The first-order valence-electron chi connectivity index (χ1n) is 9.10. The van der Waals surface area contributed by atoms with Gasteiger partial charge in [-0.2, -0.15) is 0 Å². The zero-order valence-corrected chi connectivity index (χ0v) is 15.5. The standard InChI is InChI=1S/C21H24FN3O2/c1-13(2)19(25-20(26)17-5-3-4-6-18(17)22)21(27)24-10-14-7-8-15-11-23-12-16(15)9-14/h3-9,13,19,23H,10-12H2,1-2H3,(H,24,27)(H,25,26). The fourth-order valence-electron chi connectivity index (χ4n) is 3.16. The monoisotopic (exact) mass is 369 g/mol. The van der Waals surface area contributed by atoms with E-state index in [-0.39, 0.29) is 17.4 Å². The van der Waals surface area contributed by atoms with Crippen molar-refractivity contribution in [3.8, 4) is 0 Å². The van der Waals surface area contributed by atoms with Gasteiger partial charge in [-0.3, -0.25) is 9.59 Å². The number of amides is 2. The van der Waals surface area contributed by atoms with Gasteiger partial charge in [-0.15, -0.1) is 0 Å². The molecule has 3 rings (SSSR count). The van der Waals surface area contributed by atoms with E-state index in [1.165, 1.54) is 29.3 Å². The third-order valence-electron chi connectivity index (χ3n) is 4.72. The van der Waals surface area contributed by atoms with E-state index >= 15 is 0 Å². The Morgan fingerprint density at radius 1 is 1.11 bits per heavy atom. The van der Waals surface area contributed by atoms with Crippen molar-refractivity contribution in [2.24, 2.45) is 5.92 Å². The summed E-state index contributed by atoms with van der Waals surface area (Å²) < 4.78 is 13.8. The summed E-state index contributed by atoms with van der Waals surface area (Å²) in [5, 5.41) is 8.81. The van der Waals surface area contributed by atoms with E-state index in [0.717, 1.165) is 18.7 Å². The lowest BCUT2D eigenvalue weighted by Crippen LogP contribution is -2.49. The van der Waals surface area contributed by atoms with Crippen molar-refractivity contribution in [2.45, 2.75) is 39.5 Å². The molecule has 142 valence electrons. The van der Waals surface area contributed by atoms with Crippen LogP contribution in [0.4, 0.5) is 4.39 Å². The lowest BCUT2D eigenvalue weighted by molar-refractivity contribution is -0.124. The molecule has 0 aliphatic carbocycles. The molecule has 0 saturated heterocycles. The van der Waals surface area contributed by atoms with Crippen LogP contribution in [-0.2, 0) is 24.4 Å². The quantitative estimate of drug-likeness (QED) is 0.733. The van der Waals surface area contributed by atoms with E-state index in [1.54, 1.807) is 6.07 Å². The number of hydrogen-bond donors (Lipinski definition) is 3. The Morgan fingerprint density at radius 2 is 1.85 bits per heavy atom. The average Bonchev–Trinajstić information content (AvgIpc) is 3.12. The maximum absolute atomic E-state index is 13.8. The molecule has 0 aromatic heterocycles. The van der Waals surface area contributed by atoms with E-state index in [2.05, 4.69) is 28.1 Å². The normalized spacial score (nSPS) is 13.9. The summed E-state index contributed by atoms with van der Waals surface area (Å²) in [5.41, 5.74) is 3.47. The predicted molar refractivity (Wildman–Crippen MR) is 101 cm³/mol. The highest BCUT2D eigenvalue weighted by Gasteiger charge is 2.25. The second-order valence-electron chi connectivity index (χ2n) is 7.10. The number of rotatable bonds is 6. The van der Waals surface area contributed by atoms with Gasteiger partial charge in [0.05, 0.1) is 5.56 Å². The van der Waals surface area contributed by atoms with Crippen LogP contribution in [0, 0.1) is 11.7 Å². The highest BCUT2D eigenvalue weighted by molar-refractivity contribution is 5.97. The summed E-state index contributed by atoms with van der Waals surface area (Å²) in [7, 11) is 0. The van der Waals surface area contributed by atoms with Gasteiger partial charge in [0, 0.05) is 19.6 Å². The Labute approximate surface area is 158 Å². The molecule has 0 bridgehead atoms. The summed E-state index contributed by atoms with van der Waals surface area (Å²) in [6, 6.07) is 11.1. The molecular formula is C21H24FN3O2. The van der Waals surface area contributed by atoms with Crippen LogP contribution in [0.1, 0.15) is 40.9 Å². The number of carbonyl (C=O) groups excluding carboxylic acids is 2. The molecule has 0 saturated carbocycles. The van der Waals surface area contributed by atoms with Crippen molar-refractivity contribution in [3.05, 3.63) is 70.5 Å². The number of benzene rings is 2. The third kappa shape index (κ3) is 4.52. The first-order valence-corrected chi connectivity index (χ1v) is 9.10. The van der Waals surface area contributed by atoms with E-state index in [9.17, 15) is 14.0 Å². The summed E-state index contributed by atoms with van der Waals surface area (Å²) in [5.74, 6) is -1.62. The Balaban J connectivity index is 1.63. The zero-order chi connectivity index (χ0) is 19.4. The highest BCUT2D eigenvalue weighted by atomic mass is 19.1. The van der Waals surface area contributed by atoms with Crippen LogP contribution in [0.15, 0.2) is 42.5 Å². The van der Waals surface area contributed by atoms with Crippen LogP contribution < -0.4 is 16.0 Å². The number of fused-ring (bicyclic) bond motifs is 1. The molecule has 0 radical (unpaired) electrons. The smallest absolute Gasteiger partial charge is 0.254 e. The van der Waals surface area contributed by atoms with Gasteiger partial charge in [0.1, 0.15) is 11.9 Å². The predicted octanol–water partition coefficient (Wildman–Crippen LogP) is 2.50. The van der Waals surface area contributed by atoms with E-state index in [4.69, 9.17) is 0 Å². The molecule has 2 amide bonds. The molecule has 2 aromatic carbocycles. The van der Waals surface area contributed by atoms with Crippen LogP contribution in [0.25, 0.3) is 0 Å². The molecule has 2 aromatic rings. The van der Waals surface area contributed by atoms with Crippen molar-refractivity contribution in [1.82, 2.24) is 16.0 Å². The molecule has 5 nitrogen and oxygen atoms in total. The van der Waals surface area contributed by atoms with Crippen molar-refractivity contribution in [3.63, 3.8) is 0 Å². The minimum absolute atomic E-state index is 0.0675. The second-order valence-corrected chi connectivity index (χ2v) is 7.10. The van der Waals surface area contributed by atoms with Crippen molar-refractivity contribution < 1.29 is 14.0 Å². The molecular weight excluding hydrogens is 345 g/mol. The molecule has 1 heterocycles. The summed E-state index contributed by atoms with van der Waals surface area (Å²) in [6.07, 6.45) is 0. The molecule has 1 atom stereocenters. The largest absolute Gasteiger partial charge is 0.350 e. The maximum Gasteiger partial charge on any atom is 0.254 e. The Bertz CT molecular complexity index is 851. The van der Waals surface area contributed by atoms with Crippen LogP contribution in [-0.4, -0.2) is 17.9 Å². The van der Waals surface area contributed by atoms with Gasteiger partial charge in [-0.1, -0.05) is 44.2 Å². The summed E-state index contributed by atoms with van der Waals surface area (Å²) in [4.78, 5) is 25.0. The molecule has 1 aliphatic heterocycles. The van der Waals surface area contributed by atoms with Gasteiger partial charge in [0.25, 0.3) is 5.91 Å². The Hall–Kier alpha value is -2.73. The molecule has 1 aliphatic rings. The topological polar surface area (TPSA) is 70.2 Å². The van der Waals surface area contributed by atoms with E-state index < -0.39 is 17.8 Å². The molecule has 0 spiro atoms. The SMILES string of the molecule is CC(C)C(NC(=O)c1ccccc1F)C(=O)NCc1ccc2c(c1)CNC2. The van der Waals surface area contributed by atoms with Gasteiger partial charge in [0.2, 0.25) is 5.91 Å². The average molecular weight is 369 g/mol. The van der Waals surface area contributed by atoms with Gasteiger partial charge in [0.15, 0.2) is 0 Å². The van der Waals surface area contributed by atoms with Gasteiger partial charge >= 0.3 is 0 Å². The van der Waals surface area contributed by atoms with Crippen LogP contribution >= 0.6 is 0 Å². The lowest BCUT2D eigenvalue weighted by atomic mass is 10.0. The highest BCUT2D eigenvalue weighted by Crippen LogP contribution is 2.17. The molecule has 3 N–H and O–H groups in total. The van der Waals surface area contributed by atoms with Crippen LogP contribution in [0.3, 0.4) is 0 Å². The molecule has 27 heavy (non-hydrogen) atoms. The summed E-state index contributed by atoms with van der Waals surface area (Å²) in [6.45, 7) is 5.77. The minimum atomic E-state index is -0.742. The van der Waals surface area contributed by atoms with Crippen LogP contribution in [0.5, 0.6) is 0 Å². The number of nitrogens with one attached hydrogen (secondary N) is 3. The zero-order valence-electron chi connectivity index (χ0n) is 15.5. The minimum Gasteiger partial charge on any atom is -0.350 e. The number of halogens is 1. The van der Waals surface area contributed by atoms with Crippen molar-refractivity contribution >= 4 is 11.8 Å². The number of hydrogen-bond acceptors (Lipinski definition) is 3. The first-order chi connectivity index (χ1) is 13.0. The Morgan fingerprint density at radius 3 is 2.59 bits per heavy atom. The van der Waals surface area contributed by atoms with Gasteiger partial charge in [-0.25, -0.2) is 4.39 Å². The van der Waals surface area contributed by atoms with E-state index in [1.807, 2.05) is 19.9 Å². The van der Waals surface area contributed by atoms with Gasteiger partial charge < -0.3 is 16.0 Å². The maximum atomic E-state index is 13.8. The summed E-state index contributed by atoms with van der Waals surface area (Å²) >= 11 is 0. The fourth-order valence-corrected chi connectivity index (χ4v) is 3.16. The van der Waals surface area contributed by atoms with Crippen molar-refractivity contribution in [2.75, 3.05) is 0 Å². The number of carbonyl (C=O) groups is 2. The second kappa shape index (κ2) is 8.31. The van der Waals surface area contributed by atoms with Gasteiger partial charge in [-0.05, 0) is 34.7 Å². The van der Waals surface area contributed by atoms with Crippen molar-refractivity contribution in [1.29, 1.82) is 0 Å². The lowest BCUT2D eigenvalue weighted by Gasteiger charge is -2.22. The molecule has 6 heteroatoms. The molecule has 0 fully saturated rings.